The molecule has 1 aromatic rings. The molecule has 2 saturated heterocycles. The zero-order chi connectivity index (χ0) is 17.6. The lowest BCUT2D eigenvalue weighted by atomic mass is 9.94. The van der Waals surface area contributed by atoms with Crippen molar-refractivity contribution in [3.8, 4) is 0 Å². The van der Waals surface area contributed by atoms with Gasteiger partial charge in [0.15, 0.2) is 0 Å². The van der Waals surface area contributed by atoms with Crippen LogP contribution in [0.2, 0.25) is 0 Å². The van der Waals surface area contributed by atoms with E-state index >= 15 is 0 Å². The van der Waals surface area contributed by atoms with Gasteiger partial charge in [0.25, 0.3) is 0 Å². The second-order valence-corrected chi connectivity index (χ2v) is 7.18. The Morgan fingerprint density at radius 2 is 2.36 bits per heavy atom. The van der Waals surface area contributed by atoms with E-state index in [9.17, 15) is 4.79 Å². The van der Waals surface area contributed by atoms with Crippen LogP contribution in [-0.4, -0.2) is 73.8 Å². The van der Waals surface area contributed by atoms with Gasteiger partial charge in [-0.15, -0.1) is 0 Å². The number of hydrogen-bond acceptors (Lipinski definition) is 5. The Bertz CT molecular complexity index is 548. The molecule has 6 heteroatoms. The molecule has 0 spiro atoms. The summed E-state index contributed by atoms with van der Waals surface area (Å²) >= 11 is 0. The predicted octanol–water partition coefficient (Wildman–Crippen LogP) is 1.73. The van der Waals surface area contributed by atoms with Crippen molar-refractivity contribution in [2.75, 3.05) is 47.0 Å². The Morgan fingerprint density at radius 1 is 1.48 bits per heavy atom. The fraction of sp³-hybridized carbons (Fsp3) is 0.684. The van der Waals surface area contributed by atoms with Gasteiger partial charge in [0.05, 0.1) is 12.7 Å². The summed E-state index contributed by atoms with van der Waals surface area (Å²) in [6, 6.07) is 4.42. The summed E-state index contributed by atoms with van der Waals surface area (Å²) in [5.41, 5.74) is 1.22. The predicted molar refractivity (Wildman–Crippen MR) is 95.1 cm³/mol. The van der Waals surface area contributed by atoms with Gasteiger partial charge in [0.2, 0.25) is 5.91 Å². The molecule has 25 heavy (non-hydrogen) atoms. The Morgan fingerprint density at radius 3 is 3.08 bits per heavy atom. The summed E-state index contributed by atoms with van der Waals surface area (Å²) in [5, 5.41) is 0. The third-order valence-corrected chi connectivity index (χ3v) is 5.29. The molecule has 138 valence electrons. The van der Waals surface area contributed by atoms with Crippen molar-refractivity contribution in [2.45, 2.75) is 31.4 Å². The first-order chi connectivity index (χ1) is 12.1. The molecule has 2 fully saturated rings. The van der Waals surface area contributed by atoms with E-state index in [0.717, 1.165) is 39.0 Å². The molecule has 1 aromatic heterocycles. The summed E-state index contributed by atoms with van der Waals surface area (Å²) in [4.78, 5) is 20.8. The maximum absolute atomic E-state index is 12.4. The number of carbonyl (C=O) groups is 1. The largest absolute Gasteiger partial charge is 0.376 e. The van der Waals surface area contributed by atoms with Crippen molar-refractivity contribution in [3.05, 3.63) is 30.1 Å². The van der Waals surface area contributed by atoms with Gasteiger partial charge in [-0.1, -0.05) is 6.07 Å². The molecule has 3 atom stereocenters. The van der Waals surface area contributed by atoms with Crippen LogP contribution in [0.3, 0.4) is 0 Å². The van der Waals surface area contributed by atoms with Gasteiger partial charge in [0.1, 0.15) is 6.61 Å². The maximum atomic E-state index is 12.4. The highest BCUT2D eigenvalue weighted by molar-refractivity contribution is 5.77. The van der Waals surface area contributed by atoms with Crippen molar-refractivity contribution in [1.82, 2.24) is 14.8 Å². The van der Waals surface area contributed by atoms with Crippen LogP contribution in [0.1, 0.15) is 30.9 Å². The summed E-state index contributed by atoms with van der Waals surface area (Å²) in [5.74, 6) is 0.457. The highest BCUT2D eigenvalue weighted by Gasteiger charge is 2.34. The van der Waals surface area contributed by atoms with E-state index in [1.807, 2.05) is 24.2 Å². The first-order valence-corrected chi connectivity index (χ1v) is 9.18. The van der Waals surface area contributed by atoms with Gasteiger partial charge in [-0.05, 0) is 50.4 Å². The van der Waals surface area contributed by atoms with Crippen LogP contribution in [0.15, 0.2) is 24.5 Å². The second-order valence-electron chi connectivity index (χ2n) is 7.18. The average molecular weight is 347 g/mol. The molecule has 0 bridgehead atoms. The summed E-state index contributed by atoms with van der Waals surface area (Å²) in [7, 11) is 4.01. The van der Waals surface area contributed by atoms with Crippen molar-refractivity contribution in [1.29, 1.82) is 0 Å². The zero-order valence-corrected chi connectivity index (χ0v) is 15.3. The molecule has 1 amide bonds. The number of hydrogen-bond donors (Lipinski definition) is 0. The Hall–Kier alpha value is -1.50. The fourth-order valence-electron chi connectivity index (χ4n) is 3.91. The van der Waals surface area contributed by atoms with Gasteiger partial charge < -0.3 is 14.4 Å². The molecule has 0 N–H and O–H groups in total. The molecule has 0 unspecified atom stereocenters. The molecule has 3 heterocycles. The van der Waals surface area contributed by atoms with E-state index < -0.39 is 0 Å². The number of nitrogens with zero attached hydrogens (tertiary/aromatic N) is 3. The van der Waals surface area contributed by atoms with Crippen LogP contribution in [-0.2, 0) is 14.3 Å². The highest BCUT2D eigenvalue weighted by atomic mass is 16.5. The Balaban J connectivity index is 1.48. The lowest BCUT2D eigenvalue weighted by Crippen LogP contribution is -2.36. The molecule has 2 aliphatic heterocycles. The first kappa shape index (κ1) is 18.3. The van der Waals surface area contributed by atoms with Crippen LogP contribution in [0.4, 0.5) is 0 Å². The summed E-state index contributed by atoms with van der Waals surface area (Å²) in [6.07, 6.45) is 7.11. The van der Waals surface area contributed by atoms with Crippen molar-refractivity contribution < 1.29 is 14.3 Å². The van der Waals surface area contributed by atoms with E-state index in [1.54, 1.807) is 6.20 Å². The monoisotopic (exact) mass is 347 g/mol. The SMILES string of the molecule is CN(C[C@@H]1CCN(C)[C@H]1c1cccnc1)C(=O)COC[C@@H]1CCCO1. The molecule has 3 rings (SSSR count). The molecular formula is C19H29N3O3. The summed E-state index contributed by atoms with van der Waals surface area (Å²) < 4.78 is 11.1. The van der Waals surface area contributed by atoms with Gasteiger partial charge in [0, 0.05) is 38.6 Å². The van der Waals surface area contributed by atoms with Crippen LogP contribution < -0.4 is 0 Å². The fourth-order valence-corrected chi connectivity index (χ4v) is 3.91. The molecule has 0 aromatic carbocycles. The minimum Gasteiger partial charge on any atom is -0.376 e. The minimum absolute atomic E-state index is 0.0393. The number of amides is 1. The van der Waals surface area contributed by atoms with Gasteiger partial charge in [-0.3, -0.25) is 14.7 Å². The standard InChI is InChI=1S/C19H29N3O3/c1-21-9-7-16(19(21)15-5-3-8-20-11-15)12-22(2)18(23)14-24-13-17-6-4-10-25-17/h3,5,8,11,16-17,19H,4,6-7,9-10,12-14H2,1-2H3/t16-,17-,19-/m0/s1. The molecule has 2 aliphatic rings. The number of pyridine rings is 1. The van der Waals surface area contributed by atoms with Crippen molar-refractivity contribution >= 4 is 5.91 Å². The summed E-state index contributed by atoms with van der Waals surface area (Å²) in [6.45, 7) is 3.25. The number of likely N-dealkylation sites (tertiary alicyclic amines) is 1. The molecule has 6 nitrogen and oxygen atoms in total. The van der Waals surface area contributed by atoms with Crippen LogP contribution >= 0.6 is 0 Å². The van der Waals surface area contributed by atoms with Crippen molar-refractivity contribution in [2.24, 2.45) is 5.92 Å². The minimum atomic E-state index is 0.0393. The van der Waals surface area contributed by atoms with E-state index in [0.29, 0.717) is 18.6 Å². The van der Waals surface area contributed by atoms with Crippen molar-refractivity contribution in [3.63, 3.8) is 0 Å². The van der Waals surface area contributed by atoms with E-state index in [4.69, 9.17) is 9.47 Å². The smallest absolute Gasteiger partial charge is 0.248 e. The van der Waals surface area contributed by atoms with E-state index in [1.165, 1.54) is 5.56 Å². The van der Waals surface area contributed by atoms with E-state index in [2.05, 4.69) is 23.0 Å². The number of carbonyl (C=O) groups excluding carboxylic acids is 1. The third-order valence-electron chi connectivity index (χ3n) is 5.29. The molecule has 0 aliphatic carbocycles. The van der Waals surface area contributed by atoms with Crippen LogP contribution in [0.5, 0.6) is 0 Å². The average Bonchev–Trinajstić information content (AvgIpc) is 3.25. The number of ether oxygens (including phenoxy) is 2. The Labute approximate surface area is 150 Å². The quantitative estimate of drug-likeness (QED) is 0.752. The highest BCUT2D eigenvalue weighted by Crippen LogP contribution is 2.36. The molecular weight excluding hydrogens is 318 g/mol. The molecule has 0 saturated carbocycles. The van der Waals surface area contributed by atoms with E-state index in [-0.39, 0.29) is 18.6 Å². The normalized spacial score (nSPS) is 26.9. The van der Waals surface area contributed by atoms with Gasteiger partial charge in [-0.25, -0.2) is 0 Å². The van der Waals surface area contributed by atoms with Crippen LogP contribution in [0, 0.1) is 5.92 Å². The molecule has 0 radical (unpaired) electrons. The lowest BCUT2D eigenvalue weighted by Gasteiger charge is -2.28. The van der Waals surface area contributed by atoms with Gasteiger partial charge in [-0.2, -0.15) is 0 Å². The number of aromatic nitrogens is 1. The van der Waals surface area contributed by atoms with Gasteiger partial charge >= 0.3 is 0 Å². The third kappa shape index (κ3) is 4.77. The first-order valence-electron chi connectivity index (χ1n) is 9.18. The zero-order valence-electron chi connectivity index (χ0n) is 15.3. The topological polar surface area (TPSA) is 54.9 Å². The Kier molecular flexibility index (Phi) is 6.39. The lowest BCUT2D eigenvalue weighted by molar-refractivity contribution is -0.136. The second kappa shape index (κ2) is 8.74. The number of rotatable bonds is 7. The van der Waals surface area contributed by atoms with Crippen LogP contribution in [0.25, 0.3) is 0 Å². The number of likely N-dealkylation sites (N-methyl/N-ethyl adjacent to an activating group) is 1. The maximum Gasteiger partial charge on any atom is 0.248 e.